The highest BCUT2D eigenvalue weighted by atomic mass is 16.1. The second-order valence-electron chi connectivity index (χ2n) is 6.35. The minimum Gasteiger partial charge on any atom is -0.382 e. The van der Waals surface area contributed by atoms with Gasteiger partial charge in [-0.25, -0.2) is 9.97 Å². The average molecular weight is 332 g/mol. The quantitative estimate of drug-likeness (QED) is 0.497. The Balaban J connectivity index is 1.65. The lowest BCUT2D eigenvalue weighted by Gasteiger charge is -2.25. The Hall–Kier alpha value is -3.19. The largest absolute Gasteiger partial charge is 0.382 e. The average Bonchev–Trinajstić information content (AvgIpc) is 3.14. The molecule has 0 saturated carbocycles. The lowest BCUT2D eigenvalue weighted by molar-refractivity contribution is 0.0873. The number of hydrogen-bond acceptors (Lipinski definition) is 5. The molecule has 0 spiro atoms. The predicted molar refractivity (Wildman–Crippen MR) is 95.4 cm³/mol. The van der Waals surface area contributed by atoms with Crippen molar-refractivity contribution < 1.29 is 4.79 Å². The van der Waals surface area contributed by atoms with Crippen molar-refractivity contribution in [3.63, 3.8) is 0 Å². The topological polar surface area (TPSA) is 101 Å². The third kappa shape index (κ3) is 2.13. The summed E-state index contributed by atoms with van der Waals surface area (Å²) in [4.78, 5) is 24.6. The van der Waals surface area contributed by atoms with Crippen LogP contribution in [0.5, 0.6) is 0 Å². The Morgan fingerprint density at radius 3 is 2.92 bits per heavy atom. The third-order valence-corrected chi connectivity index (χ3v) is 4.76. The number of aromatic amines is 1. The third-order valence-electron chi connectivity index (χ3n) is 4.76. The molecule has 5 heterocycles. The van der Waals surface area contributed by atoms with Gasteiger partial charge in [-0.3, -0.25) is 9.20 Å². The molecule has 0 aliphatic carbocycles. The van der Waals surface area contributed by atoms with Crippen molar-refractivity contribution in [2.24, 2.45) is 5.92 Å². The number of Topliss-reactive ketones (excluding diaryl/α,β-unsaturated/α-hetero) is 1. The maximum absolute atomic E-state index is 12.7. The number of nitrogens with zero attached hydrogens (tertiary/aromatic N) is 3. The second-order valence-corrected chi connectivity index (χ2v) is 6.35. The summed E-state index contributed by atoms with van der Waals surface area (Å²) in [7, 11) is 0. The Kier molecular flexibility index (Phi) is 2.92. The van der Waals surface area contributed by atoms with Gasteiger partial charge in [-0.1, -0.05) is 0 Å². The zero-order chi connectivity index (χ0) is 17.0. The number of imidazole rings is 1. The number of carbonyl (C=O) groups is 1. The lowest BCUT2D eigenvalue weighted by atomic mass is 9.96. The first kappa shape index (κ1) is 14.2. The molecule has 1 saturated heterocycles. The second kappa shape index (κ2) is 5.15. The summed E-state index contributed by atoms with van der Waals surface area (Å²) in [6.45, 7) is 1.39. The van der Waals surface area contributed by atoms with Crippen LogP contribution in [0.15, 0.2) is 42.9 Å². The number of nitrogens with two attached hydrogens (primary N) is 1. The van der Waals surface area contributed by atoms with Crippen molar-refractivity contribution in [2.75, 3.05) is 18.8 Å². The van der Waals surface area contributed by atoms with Gasteiger partial charge in [0.15, 0.2) is 11.6 Å². The first-order valence-electron chi connectivity index (χ1n) is 8.17. The number of rotatable bonds is 3. The number of hydrogen-bond donors (Lipinski definition) is 3. The van der Waals surface area contributed by atoms with Crippen molar-refractivity contribution in [1.82, 2.24) is 24.7 Å². The van der Waals surface area contributed by atoms with Crippen LogP contribution in [0.4, 0.5) is 5.82 Å². The summed E-state index contributed by atoms with van der Waals surface area (Å²) < 4.78 is 1.80. The first-order valence-corrected chi connectivity index (χ1v) is 8.17. The van der Waals surface area contributed by atoms with E-state index in [4.69, 9.17) is 5.73 Å². The fourth-order valence-electron chi connectivity index (χ4n) is 3.24. The van der Waals surface area contributed by atoms with Crippen LogP contribution in [0.3, 0.4) is 0 Å². The molecule has 0 bridgehead atoms. The van der Waals surface area contributed by atoms with Crippen molar-refractivity contribution >= 4 is 28.3 Å². The standard InChI is InChI=1S/C18H16N6O/c19-17-15(16(25)13-6-20-7-13)24-9-11(1-2-14(24)23-17)12-5-10-3-4-21-18(10)22-8-12/h1-5,8-9,13,20H,6-7,19H2,(H,21,22). The smallest absolute Gasteiger partial charge is 0.189 e. The zero-order valence-electron chi connectivity index (χ0n) is 13.4. The molecule has 5 rings (SSSR count). The number of nitrogens with one attached hydrogen (secondary N) is 2. The predicted octanol–water partition coefficient (Wildman–Crippen LogP) is 1.86. The van der Waals surface area contributed by atoms with E-state index in [0.717, 1.165) is 22.2 Å². The van der Waals surface area contributed by atoms with Gasteiger partial charge in [0.05, 0.1) is 0 Å². The number of H-pyrrole nitrogens is 1. The normalized spacial score (nSPS) is 14.9. The highest BCUT2D eigenvalue weighted by Gasteiger charge is 2.30. The van der Waals surface area contributed by atoms with E-state index in [9.17, 15) is 4.79 Å². The van der Waals surface area contributed by atoms with Crippen LogP contribution < -0.4 is 11.1 Å². The monoisotopic (exact) mass is 332 g/mol. The van der Waals surface area contributed by atoms with Crippen LogP contribution in [0, 0.1) is 5.92 Å². The fourth-order valence-corrected chi connectivity index (χ4v) is 3.24. The first-order chi connectivity index (χ1) is 12.2. The molecule has 1 aliphatic rings. The van der Waals surface area contributed by atoms with Gasteiger partial charge in [-0.2, -0.15) is 0 Å². The van der Waals surface area contributed by atoms with Crippen molar-refractivity contribution in [2.45, 2.75) is 0 Å². The minimum atomic E-state index is -0.0243. The minimum absolute atomic E-state index is 0.0243. The molecule has 0 atom stereocenters. The molecule has 0 aromatic carbocycles. The molecule has 4 aromatic rings. The number of aromatic nitrogens is 4. The zero-order valence-corrected chi connectivity index (χ0v) is 13.4. The molecule has 4 aromatic heterocycles. The Morgan fingerprint density at radius 1 is 1.24 bits per heavy atom. The molecule has 124 valence electrons. The molecule has 1 fully saturated rings. The molecule has 25 heavy (non-hydrogen) atoms. The summed E-state index contributed by atoms with van der Waals surface area (Å²) in [6.07, 6.45) is 5.59. The Morgan fingerprint density at radius 2 is 2.12 bits per heavy atom. The van der Waals surface area contributed by atoms with Crippen LogP contribution in [0.1, 0.15) is 10.5 Å². The molecule has 7 heteroatoms. The van der Waals surface area contributed by atoms with Gasteiger partial charge in [0.1, 0.15) is 17.0 Å². The maximum Gasteiger partial charge on any atom is 0.189 e. The number of carbonyl (C=O) groups excluding carboxylic acids is 1. The highest BCUT2D eigenvalue weighted by Crippen LogP contribution is 2.26. The summed E-state index contributed by atoms with van der Waals surface area (Å²) in [5, 5.41) is 4.16. The molecule has 4 N–H and O–H groups in total. The maximum atomic E-state index is 12.7. The van der Waals surface area contributed by atoms with Crippen molar-refractivity contribution in [1.29, 1.82) is 0 Å². The molecular weight excluding hydrogens is 316 g/mol. The van der Waals surface area contributed by atoms with E-state index in [1.165, 1.54) is 0 Å². The van der Waals surface area contributed by atoms with E-state index in [-0.39, 0.29) is 17.5 Å². The fraction of sp³-hybridized carbons (Fsp3) is 0.167. The summed E-state index contributed by atoms with van der Waals surface area (Å²) in [6, 6.07) is 7.90. The van der Waals surface area contributed by atoms with E-state index in [0.29, 0.717) is 24.4 Å². The van der Waals surface area contributed by atoms with Gasteiger partial charge in [-0.15, -0.1) is 0 Å². The molecule has 1 aliphatic heterocycles. The van der Waals surface area contributed by atoms with Gasteiger partial charge >= 0.3 is 0 Å². The molecule has 0 unspecified atom stereocenters. The van der Waals surface area contributed by atoms with E-state index in [2.05, 4.69) is 26.3 Å². The van der Waals surface area contributed by atoms with E-state index in [1.807, 2.05) is 36.8 Å². The van der Waals surface area contributed by atoms with Gasteiger partial charge in [0.25, 0.3) is 0 Å². The van der Waals surface area contributed by atoms with E-state index in [1.54, 1.807) is 4.40 Å². The Labute approximate surface area is 142 Å². The van der Waals surface area contributed by atoms with E-state index >= 15 is 0 Å². The van der Waals surface area contributed by atoms with Crippen LogP contribution in [-0.2, 0) is 0 Å². The van der Waals surface area contributed by atoms with Gasteiger partial charge in [0, 0.05) is 54.1 Å². The van der Waals surface area contributed by atoms with E-state index < -0.39 is 0 Å². The summed E-state index contributed by atoms with van der Waals surface area (Å²) >= 11 is 0. The van der Waals surface area contributed by atoms with Crippen LogP contribution in [0.2, 0.25) is 0 Å². The Bertz CT molecular complexity index is 1120. The van der Waals surface area contributed by atoms with Gasteiger partial charge in [-0.05, 0) is 24.3 Å². The number of pyridine rings is 2. The van der Waals surface area contributed by atoms with Crippen LogP contribution in [-0.4, -0.2) is 38.2 Å². The number of anilines is 1. The summed E-state index contributed by atoms with van der Waals surface area (Å²) in [5.41, 5.74) is 9.96. The van der Waals surface area contributed by atoms with Crippen LogP contribution >= 0.6 is 0 Å². The lowest BCUT2D eigenvalue weighted by Crippen LogP contribution is -2.46. The molecular formula is C18H16N6O. The summed E-state index contributed by atoms with van der Waals surface area (Å²) in [5.74, 6) is 0.303. The van der Waals surface area contributed by atoms with Gasteiger partial charge in [0.2, 0.25) is 0 Å². The number of nitrogen functional groups attached to an aromatic ring is 1. The van der Waals surface area contributed by atoms with Gasteiger partial charge < -0.3 is 16.0 Å². The molecule has 0 amide bonds. The highest BCUT2D eigenvalue weighted by molar-refractivity contribution is 6.02. The molecule has 0 radical (unpaired) electrons. The number of fused-ring (bicyclic) bond motifs is 2. The SMILES string of the molecule is Nc1nc2ccc(-c3cnc4[nH]ccc4c3)cn2c1C(=O)C1CNC1. The van der Waals surface area contributed by atoms with Crippen LogP contribution in [0.25, 0.3) is 27.8 Å². The van der Waals surface area contributed by atoms with Crippen molar-refractivity contribution in [3.8, 4) is 11.1 Å². The number of ketones is 1. The van der Waals surface area contributed by atoms with Crippen molar-refractivity contribution in [3.05, 3.63) is 48.5 Å². The molecule has 7 nitrogen and oxygen atoms in total.